The molecule has 2 nitrogen and oxygen atoms in total. The van der Waals surface area contributed by atoms with Crippen LogP contribution in [-0.4, -0.2) is 18.1 Å². The number of hydrogen-bond donors (Lipinski definition) is 1. The highest BCUT2D eigenvalue weighted by molar-refractivity contribution is 9.10. The lowest BCUT2D eigenvalue weighted by atomic mass is 10.1. The maximum atomic E-state index is 10.2. The van der Waals surface area contributed by atoms with Crippen molar-refractivity contribution in [3.05, 3.63) is 15.0 Å². The molecule has 15 heavy (non-hydrogen) atoms. The number of aromatic nitrogens is 1. The van der Waals surface area contributed by atoms with Crippen LogP contribution in [0.4, 0.5) is 0 Å². The Hall–Kier alpha value is 0.287. The minimum absolute atomic E-state index is 0.0520. The molecule has 0 aliphatic rings. The van der Waals surface area contributed by atoms with E-state index in [-0.39, 0.29) is 5.04 Å². The van der Waals surface area contributed by atoms with Crippen LogP contribution in [0.2, 0.25) is 18.1 Å². The number of rotatable bonds is 4. The van der Waals surface area contributed by atoms with E-state index in [1.165, 1.54) is 4.88 Å². The highest BCUT2D eigenvalue weighted by atomic mass is 79.9. The number of halogens is 1. The first kappa shape index (κ1) is 13.4. The fourth-order valence-electron chi connectivity index (χ4n) is 1.15. The van der Waals surface area contributed by atoms with Gasteiger partial charge in [0.15, 0.2) is 8.32 Å². The van der Waals surface area contributed by atoms with Crippen molar-refractivity contribution < 1.29 is 4.80 Å². The molecule has 0 bridgehead atoms. The van der Waals surface area contributed by atoms with Gasteiger partial charge in [0, 0.05) is 4.88 Å². The van der Waals surface area contributed by atoms with Crippen molar-refractivity contribution in [2.24, 2.45) is 0 Å². The van der Waals surface area contributed by atoms with Crippen molar-refractivity contribution >= 4 is 35.6 Å². The second kappa shape index (κ2) is 4.65. The summed E-state index contributed by atoms with van der Waals surface area (Å²) in [6.07, 6.45) is 2.01. The third kappa shape index (κ3) is 3.37. The molecule has 1 N–H and O–H groups in total. The third-order valence-electron chi connectivity index (χ3n) is 3.22. The number of aryl methyl sites for hydroxylation is 1. The second-order valence-corrected chi connectivity index (χ2v) is 11.2. The number of hydrogen-bond acceptors (Lipinski definition) is 3. The molecule has 1 heterocycles. The standard InChI is InChI=1S/C10H18BrNOSSi/c1-10(2,15(3,4)13)6-5-8-9(11)12-7-14-8/h7,13H,5-6H2,1-4H3. The summed E-state index contributed by atoms with van der Waals surface area (Å²) in [6, 6.07) is 0. The number of thiazole rings is 1. The predicted molar refractivity (Wildman–Crippen MR) is 71.9 cm³/mol. The summed E-state index contributed by atoms with van der Waals surface area (Å²) in [4.78, 5) is 15.6. The Morgan fingerprint density at radius 2 is 2.13 bits per heavy atom. The topological polar surface area (TPSA) is 33.1 Å². The van der Waals surface area contributed by atoms with Crippen LogP contribution in [0.25, 0.3) is 0 Å². The molecule has 86 valence electrons. The SMILES string of the molecule is CC(C)(CCc1scnc1Br)[Si](C)(C)O. The first-order chi connectivity index (χ1) is 6.74. The molecule has 1 aromatic rings. The molecule has 1 aromatic heterocycles. The zero-order valence-corrected chi connectivity index (χ0v) is 13.1. The summed E-state index contributed by atoms with van der Waals surface area (Å²) in [5.74, 6) is 0. The fraction of sp³-hybridized carbons (Fsp3) is 0.700. The molecular weight excluding hydrogens is 290 g/mol. The van der Waals surface area contributed by atoms with Crippen molar-refractivity contribution in [3.63, 3.8) is 0 Å². The van der Waals surface area contributed by atoms with Crippen LogP contribution in [0, 0.1) is 0 Å². The Morgan fingerprint density at radius 3 is 2.53 bits per heavy atom. The number of nitrogens with zero attached hydrogens (tertiary/aromatic N) is 1. The van der Waals surface area contributed by atoms with Gasteiger partial charge in [0.25, 0.3) is 0 Å². The highest BCUT2D eigenvalue weighted by Crippen LogP contribution is 2.40. The zero-order valence-electron chi connectivity index (χ0n) is 9.67. The van der Waals surface area contributed by atoms with Gasteiger partial charge in [-0.05, 0) is 46.9 Å². The molecule has 0 aliphatic carbocycles. The quantitative estimate of drug-likeness (QED) is 0.858. The summed E-state index contributed by atoms with van der Waals surface area (Å²) in [5, 5.41) is 0.0520. The van der Waals surface area contributed by atoms with Gasteiger partial charge in [-0.2, -0.15) is 0 Å². The van der Waals surface area contributed by atoms with E-state index >= 15 is 0 Å². The largest absolute Gasteiger partial charge is 0.432 e. The van der Waals surface area contributed by atoms with E-state index in [2.05, 4.69) is 34.8 Å². The lowest BCUT2D eigenvalue weighted by Gasteiger charge is -2.34. The van der Waals surface area contributed by atoms with Crippen LogP contribution < -0.4 is 0 Å². The Morgan fingerprint density at radius 1 is 1.53 bits per heavy atom. The van der Waals surface area contributed by atoms with Crippen LogP contribution in [0.15, 0.2) is 10.1 Å². The summed E-state index contributed by atoms with van der Waals surface area (Å²) >= 11 is 5.11. The molecule has 0 fully saturated rings. The van der Waals surface area contributed by atoms with E-state index in [0.29, 0.717) is 0 Å². The van der Waals surface area contributed by atoms with E-state index in [1.807, 2.05) is 18.6 Å². The van der Waals surface area contributed by atoms with Crippen molar-refractivity contribution in [1.29, 1.82) is 0 Å². The summed E-state index contributed by atoms with van der Waals surface area (Å²) < 4.78 is 0.959. The lowest BCUT2D eigenvalue weighted by Crippen LogP contribution is -2.39. The Bertz CT molecular complexity index is 332. The molecule has 0 aromatic carbocycles. The van der Waals surface area contributed by atoms with E-state index in [1.54, 1.807) is 11.3 Å². The Balaban J connectivity index is 2.61. The predicted octanol–water partition coefficient (Wildman–Crippen LogP) is 3.82. The molecule has 0 saturated carbocycles. The van der Waals surface area contributed by atoms with Crippen LogP contribution in [0.3, 0.4) is 0 Å². The maximum absolute atomic E-state index is 10.2. The monoisotopic (exact) mass is 307 g/mol. The molecule has 0 atom stereocenters. The molecule has 5 heteroatoms. The Kier molecular flexibility index (Phi) is 4.14. The first-order valence-corrected chi connectivity index (χ1v) is 9.66. The van der Waals surface area contributed by atoms with Gasteiger partial charge in [-0.1, -0.05) is 13.8 Å². The van der Waals surface area contributed by atoms with Crippen molar-refractivity contribution in [3.8, 4) is 0 Å². The average Bonchev–Trinajstić information content (AvgIpc) is 2.46. The van der Waals surface area contributed by atoms with Crippen molar-refractivity contribution in [2.45, 2.75) is 44.8 Å². The molecule has 0 aliphatic heterocycles. The normalized spacial score (nSPS) is 13.2. The molecule has 0 unspecified atom stereocenters. The third-order valence-corrected chi connectivity index (χ3v) is 8.63. The van der Waals surface area contributed by atoms with Crippen LogP contribution in [-0.2, 0) is 6.42 Å². The maximum Gasteiger partial charge on any atom is 0.188 e. The minimum Gasteiger partial charge on any atom is -0.432 e. The Labute approximate surface area is 105 Å². The van der Waals surface area contributed by atoms with E-state index in [4.69, 9.17) is 0 Å². The molecule has 1 rings (SSSR count). The second-order valence-electron chi connectivity index (χ2n) is 5.01. The van der Waals surface area contributed by atoms with Crippen LogP contribution >= 0.6 is 27.3 Å². The molecule has 0 spiro atoms. The average molecular weight is 308 g/mol. The van der Waals surface area contributed by atoms with Gasteiger partial charge in [0.05, 0.1) is 5.51 Å². The van der Waals surface area contributed by atoms with Crippen molar-refractivity contribution in [2.75, 3.05) is 0 Å². The van der Waals surface area contributed by atoms with Gasteiger partial charge < -0.3 is 4.80 Å². The van der Waals surface area contributed by atoms with E-state index in [0.717, 1.165) is 17.4 Å². The van der Waals surface area contributed by atoms with Crippen molar-refractivity contribution in [1.82, 2.24) is 4.98 Å². The van der Waals surface area contributed by atoms with Gasteiger partial charge in [-0.25, -0.2) is 4.98 Å². The summed E-state index contributed by atoms with van der Waals surface area (Å²) in [7, 11) is -2.07. The van der Waals surface area contributed by atoms with Crippen LogP contribution in [0.5, 0.6) is 0 Å². The minimum atomic E-state index is -2.07. The van der Waals surface area contributed by atoms with E-state index in [9.17, 15) is 4.80 Å². The van der Waals surface area contributed by atoms with Gasteiger partial charge in [-0.15, -0.1) is 11.3 Å². The van der Waals surface area contributed by atoms with Gasteiger partial charge in [-0.3, -0.25) is 0 Å². The van der Waals surface area contributed by atoms with E-state index < -0.39 is 8.32 Å². The van der Waals surface area contributed by atoms with Gasteiger partial charge in [0.1, 0.15) is 4.60 Å². The lowest BCUT2D eigenvalue weighted by molar-refractivity contribution is 0.452. The van der Waals surface area contributed by atoms with Gasteiger partial charge in [0.2, 0.25) is 0 Å². The van der Waals surface area contributed by atoms with Gasteiger partial charge >= 0.3 is 0 Å². The smallest absolute Gasteiger partial charge is 0.188 e. The fourth-order valence-corrected chi connectivity index (χ4v) is 3.26. The summed E-state index contributed by atoms with van der Waals surface area (Å²) in [6.45, 7) is 8.34. The first-order valence-electron chi connectivity index (χ1n) is 5.04. The summed E-state index contributed by atoms with van der Waals surface area (Å²) in [5.41, 5.74) is 1.86. The molecule has 0 saturated heterocycles. The molecular formula is C10H18BrNOSSi. The zero-order chi connectivity index (χ0) is 11.7. The molecule has 0 amide bonds. The van der Waals surface area contributed by atoms with Crippen LogP contribution in [0.1, 0.15) is 25.1 Å². The highest BCUT2D eigenvalue weighted by Gasteiger charge is 2.37. The molecule has 0 radical (unpaired) electrons.